The van der Waals surface area contributed by atoms with Gasteiger partial charge in [0, 0.05) is 11.5 Å². The first-order valence-corrected chi connectivity index (χ1v) is 7.00. The van der Waals surface area contributed by atoms with E-state index in [-0.39, 0.29) is 17.5 Å². The summed E-state index contributed by atoms with van der Waals surface area (Å²) in [5.41, 5.74) is 2.61. The molecule has 0 aliphatic carbocycles. The van der Waals surface area contributed by atoms with Gasteiger partial charge < -0.3 is 5.11 Å². The molecule has 0 amide bonds. The molecule has 2 unspecified atom stereocenters. The van der Waals surface area contributed by atoms with Crippen LogP contribution in [0.2, 0.25) is 0 Å². The molecule has 0 spiro atoms. The van der Waals surface area contributed by atoms with Gasteiger partial charge in [-0.1, -0.05) is 19.9 Å². The number of aliphatic hydroxyl groups excluding tert-OH is 1. The van der Waals surface area contributed by atoms with Gasteiger partial charge in [0.25, 0.3) is 5.69 Å². The molecule has 2 atom stereocenters. The highest BCUT2D eigenvalue weighted by Crippen LogP contribution is 2.39. The van der Waals surface area contributed by atoms with Crippen LogP contribution in [0.1, 0.15) is 32.3 Å². The van der Waals surface area contributed by atoms with Crippen LogP contribution >= 0.6 is 11.3 Å². The SMILES string of the molecule is CC(C)C(c1ccc2scnc2c1[N+](=O)[O-])C(C)O. The normalized spacial score (nSPS) is 14.8. The van der Waals surface area contributed by atoms with Crippen LogP contribution in [0.4, 0.5) is 5.69 Å². The third kappa shape index (κ3) is 2.46. The minimum atomic E-state index is -0.644. The van der Waals surface area contributed by atoms with Gasteiger partial charge >= 0.3 is 0 Å². The summed E-state index contributed by atoms with van der Waals surface area (Å²) in [5.74, 6) is -0.165. The lowest BCUT2D eigenvalue weighted by atomic mass is 9.83. The van der Waals surface area contributed by atoms with Crippen molar-refractivity contribution in [2.24, 2.45) is 5.92 Å². The number of rotatable bonds is 4. The second kappa shape index (κ2) is 5.22. The van der Waals surface area contributed by atoms with Crippen molar-refractivity contribution in [3.63, 3.8) is 0 Å². The van der Waals surface area contributed by atoms with Crippen molar-refractivity contribution in [2.45, 2.75) is 32.8 Å². The number of aliphatic hydroxyl groups is 1. The maximum Gasteiger partial charge on any atom is 0.299 e. The van der Waals surface area contributed by atoms with Crippen molar-refractivity contribution < 1.29 is 10.0 Å². The van der Waals surface area contributed by atoms with Crippen LogP contribution in [0.25, 0.3) is 10.2 Å². The molecule has 102 valence electrons. The van der Waals surface area contributed by atoms with E-state index in [1.807, 2.05) is 19.9 Å². The molecule has 0 saturated heterocycles. The van der Waals surface area contributed by atoms with E-state index < -0.39 is 11.0 Å². The van der Waals surface area contributed by atoms with Crippen molar-refractivity contribution in [1.29, 1.82) is 0 Å². The number of thiazole rings is 1. The highest BCUT2D eigenvalue weighted by Gasteiger charge is 2.30. The first-order chi connectivity index (χ1) is 8.93. The quantitative estimate of drug-likeness (QED) is 0.688. The Balaban J connectivity index is 2.71. The van der Waals surface area contributed by atoms with Gasteiger partial charge in [0.05, 0.1) is 21.2 Å². The average Bonchev–Trinajstić information content (AvgIpc) is 2.74. The molecule has 2 rings (SSSR count). The highest BCUT2D eigenvalue weighted by molar-refractivity contribution is 7.16. The molecular formula is C13H16N2O3S. The number of hydrogen-bond donors (Lipinski definition) is 1. The van der Waals surface area contributed by atoms with Gasteiger partial charge in [0.15, 0.2) is 5.52 Å². The number of benzene rings is 1. The van der Waals surface area contributed by atoms with Crippen LogP contribution in [-0.2, 0) is 0 Å². The minimum Gasteiger partial charge on any atom is -0.393 e. The fourth-order valence-electron chi connectivity index (χ4n) is 2.57. The maximum atomic E-state index is 11.4. The van der Waals surface area contributed by atoms with Crippen LogP contribution in [-0.4, -0.2) is 21.1 Å². The van der Waals surface area contributed by atoms with Crippen molar-refractivity contribution in [2.75, 3.05) is 0 Å². The number of aromatic nitrogens is 1. The van der Waals surface area contributed by atoms with Gasteiger partial charge in [-0.3, -0.25) is 10.1 Å². The monoisotopic (exact) mass is 280 g/mol. The summed E-state index contributed by atoms with van der Waals surface area (Å²) in [6, 6.07) is 3.59. The molecule has 1 aromatic carbocycles. The number of nitro benzene ring substituents is 1. The molecular weight excluding hydrogens is 264 g/mol. The Bertz CT molecular complexity index is 599. The zero-order valence-corrected chi connectivity index (χ0v) is 11.8. The van der Waals surface area contributed by atoms with Crippen LogP contribution in [0, 0.1) is 16.0 Å². The summed E-state index contributed by atoms with van der Waals surface area (Å²) >= 11 is 1.38. The number of nitro groups is 1. The number of fused-ring (bicyclic) bond motifs is 1. The molecule has 0 aliphatic heterocycles. The van der Waals surface area contributed by atoms with Gasteiger partial charge in [-0.15, -0.1) is 11.3 Å². The molecule has 19 heavy (non-hydrogen) atoms. The molecule has 0 aliphatic rings. The van der Waals surface area contributed by atoms with E-state index in [0.29, 0.717) is 11.1 Å². The van der Waals surface area contributed by atoms with E-state index >= 15 is 0 Å². The minimum absolute atomic E-state index is 0.0263. The lowest BCUT2D eigenvalue weighted by Crippen LogP contribution is -2.21. The smallest absolute Gasteiger partial charge is 0.299 e. The van der Waals surface area contributed by atoms with Gasteiger partial charge in [-0.2, -0.15) is 0 Å². The molecule has 0 bridgehead atoms. The Morgan fingerprint density at radius 1 is 1.37 bits per heavy atom. The van der Waals surface area contributed by atoms with Crippen LogP contribution in [0.3, 0.4) is 0 Å². The topological polar surface area (TPSA) is 76.3 Å². The summed E-state index contributed by atoms with van der Waals surface area (Å²) in [4.78, 5) is 15.1. The van der Waals surface area contributed by atoms with Crippen molar-refractivity contribution in [3.05, 3.63) is 33.3 Å². The van der Waals surface area contributed by atoms with E-state index in [1.54, 1.807) is 18.5 Å². The Morgan fingerprint density at radius 3 is 2.58 bits per heavy atom. The zero-order valence-electron chi connectivity index (χ0n) is 11.0. The predicted octanol–water partition coefficient (Wildman–Crippen LogP) is 3.32. The second-order valence-corrected chi connectivity index (χ2v) is 5.86. The third-order valence-electron chi connectivity index (χ3n) is 3.29. The van der Waals surface area contributed by atoms with Crippen LogP contribution in [0.15, 0.2) is 17.6 Å². The molecule has 6 heteroatoms. The molecule has 1 N–H and O–H groups in total. The Hall–Kier alpha value is -1.53. The van der Waals surface area contributed by atoms with E-state index in [4.69, 9.17) is 0 Å². The fourth-order valence-corrected chi connectivity index (χ4v) is 3.25. The molecule has 0 saturated carbocycles. The molecule has 1 aromatic heterocycles. The van der Waals surface area contributed by atoms with Crippen molar-refractivity contribution >= 4 is 27.2 Å². The lowest BCUT2D eigenvalue weighted by Gasteiger charge is -2.24. The van der Waals surface area contributed by atoms with Gasteiger partial charge in [0.1, 0.15) is 0 Å². The first-order valence-electron chi connectivity index (χ1n) is 6.12. The van der Waals surface area contributed by atoms with Crippen molar-refractivity contribution in [3.8, 4) is 0 Å². The Morgan fingerprint density at radius 2 is 2.05 bits per heavy atom. The standard InChI is InChI=1S/C13H16N2O3S/c1-7(2)11(8(3)16)9-4-5-10-12(14-6-19-10)13(9)15(17)18/h4-8,11,16H,1-3H3. The Labute approximate surface area is 115 Å². The van der Waals surface area contributed by atoms with E-state index in [1.165, 1.54) is 11.3 Å². The third-order valence-corrected chi connectivity index (χ3v) is 4.08. The van der Waals surface area contributed by atoms with Crippen LogP contribution < -0.4 is 0 Å². The highest BCUT2D eigenvalue weighted by atomic mass is 32.1. The first kappa shape index (κ1) is 13.9. The molecule has 2 aromatic rings. The lowest BCUT2D eigenvalue weighted by molar-refractivity contribution is -0.384. The van der Waals surface area contributed by atoms with Crippen LogP contribution in [0.5, 0.6) is 0 Å². The summed E-state index contributed by atoms with van der Waals surface area (Å²) in [7, 11) is 0. The Kier molecular flexibility index (Phi) is 3.82. The van der Waals surface area contributed by atoms with E-state index in [9.17, 15) is 15.2 Å². The average molecular weight is 280 g/mol. The summed E-state index contributed by atoms with van der Waals surface area (Å²) in [6.45, 7) is 5.57. The summed E-state index contributed by atoms with van der Waals surface area (Å²) in [6.07, 6.45) is -0.644. The predicted molar refractivity (Wildman–Crippen MR) is 75.5 cm³/mol. The van der Waals surface area contributed by atoms with E-state index in [0.717, 1.165) is 4.70 Å². The maximum absolute atomic E-state index is 11.4. The van der Waals surface area contributed by atoms with Gasteiger partial charge in [-0.25, -0.2) is 4.98 Å². The van der Waals surface area contributed by atoms with Crippen molar-refractivity contribution in [1.82, 2.24) is 4.98 Å². The second-order valence-electron chi connectivity index (χ2n) is 4.97. The molecule has 0 radical (unpaired) electrons. The molecule has 5 nitrogen and oxygen atoms in total. The number of nitrogens with zero attached hydrogens (tertiary/aromatic N) is 2. The molecule has 0 fully saturated rings. The summed E-state index contributed by atoms with van der Waals surface area (Å²) in [5, 5.41) is 21.3. The number of hydrogen-bond acceptors (Lipinski definition) is 5. The zero-order chi connectivity index (χ0) is 14.2. The largest absolute Gasteiger partial charge is 0.393 e. The van der Waals surface area contributed by atoms with E-state index in [2.05, 4.69) is 4.98 Å². The molecule has 1 heterocycles. The fraction of sp³-hybridized carbons (Fsp3) is 0.462. The summed E-state index contributed by atoms with van der Waals surface area (Å²) < 4.78 is 0.795. The van der Waals surface area contributed by atoms with Gasteiger partial charge in [0.2, 0.25) is 0 Å². The van der Waals surface area contributed by atoms with Gasteiger partial charge in [-0.05, 0) is 18.9 Å².